The third kappa shape index (κ3) is 2.93. The fourth-order valence-corrected chi connectivity index (χ4v) is 2.61. The molecule has 0 saturated heterocycles. The number of nitrogens with zero attached hydrogens (tertiary/aromatic N) is 1. The third-order valence-corrected chi connectivity index (χ3v) is 4.08. The molecule has 1 unspecified atom stereocenters. The topological polar surface area (TPSA) is 24.9 Å². The Morgan fingerprint density at radius 2 is 1.85 bits per heavy atom. The molecule has 0 aliphatic heterocycles. The van der Waals surface area contributed by atoms with Crippen LogP contribution in [0.4, 0.5) is 5.69 Å². The summed E-state index contributed by atoms with van der Waals surface area (Å²) >= 11 is 2.33. The van der Waals surface area contributed by atoms with Crippen molar-refractivity contribution < 1.29 is 0 Å². The third-order valence-electron chi connectivity index (χ3n) is 3.36. The minimum absolute atomic E-state index is 0.279. The summed E-state index contributed by atoms with van der Waals surface area (Å²) in [5, 5.41) is 4.70. The highest BCUT2D eigenvalue weighted by Crippen LogP contribution is 2.23. The predicted octanol–water partition coefficient (Wildman–Crippen LogP) is 5.01. The van der Waals surface area contributed by atoms with Crippen LogP contribution in [-0.4, -0.2) is 4.98 Å². The smallest absolute Gasteiger partial charge is 0.0703 e. The Labute approximate surface area is 132 Å². The van der Waals surface area contributed by atoms with E-state index in [1.54, 1.807) is 0 Å². The van der Waals surface area contributed by atoms with E-state index in [1.165, 1.54) is 9.13 Å². The van der Waals surface area contributed by atoms with Crippen LogP contribution in [0, 0.1) is 3.57 Å². The Bertz CT molecular complexity index is 722. The lowest BCUT2D eigenvalue weighted by Crippen LogP contribution is -2.06. The summed E-state index contributed by atoms with van der Waals surface area (Å²) in [5.74, 6) is 0. The van der Waals surface area contributed by atoms with Gasteiger partial charge in [-0.15, -0.1) is 0 Å². The largest absolute Gasteiger partial charge is 0.379 e. The van der Waals surface area contributed by atoms with Gasteiger partial charge in [-0.05, 0) is 71.5 Å². The molecule has 2 aromatic carbocycles. The number of nitrogens with one attached hydrogen (secondary N) is 1. The maximum absolute atomic E-state index is 4.34. The average molecular weight is 374 g/mol. The average Bonchev–Trinajstić information content (AvgIpc) is 2.48. The van der Waals surface area contributed by atoms with Crippen LogP contribution in [0.15, 0.2) is 60.8 Å². The van der Waals surface area contributed by atoms with E-state index in [0.29, 0.717) is 0 Å². The quantitative estimate of drug-likeness (QED) is 0.652. The lowest BCUT2D eigenvalue weighted by Gasteiger charge is -2.16. The zero-order valence-electron chi connectivity index (χ0n) is 11.2. The van der Waals surface area contributed by atoms with E-state index >= 15 is 0 Å². The minimum atomic E-state index is 0.279. The van der Waals surface area contributed by atoms with Gasteiger partial charge in [0.25, 0.3) is 0 Å². The molecule has 0 aliphatic carbocycles. The first-order valence-electron chi connectivity index (χ1n) is 6.59. The molecule has 0 saturated carbocycles. The molecule has 100 valence electrons. The minimum Gasteiger partial charge on any atom is -0.379 e. The number of hydrogen-bond donors (Lipinski definition) is 1. The van der Waals surface area contributed by atoms with Crippen molar-refractivity contribution in [3.63, 3.8) is 0 Å². The Morgan fingerprint density at radius 3 is 2.65 bits per heavy atom. The van der Waals surface area contributed by atoms with Gasteiger partial charge in [0, 0.05) is 26.9 Å². The van der Waals surface area contributed by atoms with Crippen molar-refractivity contribution in [2.24, 2.45) is 0 Å². The van der Waals surface area contributed by atoms with Crippen LogP contribution >= 0.6 is 22.6 Å². The Morgan fingerprint density at radius 1 is 1.05 bits per heavy atom. The van der Waals surface area contributed by atoms with E-state index in [1.807, 2.05) is 12.3 Å². The molecule has 1 N–H and O–H groups in total. The second-order valence-electron chi connectivity index (χ2n) is 4.83. The maximum atomic E-state index is 4.34. The molecule has 0 radical (unpaired) electrons. The van der Waals surface area contributed by atoms with Crippen molar-refractivity contribution in [3.8, 4) is 0 Å². The molecule has 3 aromatic rings. The van der Waals surface area contributed by atoms with Crippen LogP contribution in [0.1, 0.15) is 18.5 Å². The van der Waals surface area contributed by atoms with Gasteiger partial charge < -0.3 is 5.32 Å². The normalized spacial score (nSPS) is 12.3. The number of halogens is 1. The SMILES string of the molecule is CC(Nc1ccc2ncccc2c1)c1ccc(I)cc1. The van der Waals surface area contributed by atoms with Gasteiger partial charge in [0.1, 0.15) is 0 Å². The van der Waals surface area contributed by atoms with Crippen LogP contribution in [0.2, 0.25) is 0 Å². The highest BCUT2D eigenvalue weighted by molar-refractivity contribution is 14.1. The van der Waals surface area contributed by atoms with Crippen molar-refractivity contribution in [2.45, 2.75) is 13.0 Å². The van der Waals surface area contributed by atoms with Crippen molar-refractivity contribution in [1.82, 2.24) is 4.98 Å². The van der Waals surface area contributed by atoms with Gasteiger partial charge in [0.05, 0.1) is 5.52 Å². The van der Waals surface area contributed by atoms with E-state index < -0.39 is 0 Å². The Kier molecular flexibility index (Phi) is 3.87. The van der Waals surface area contributed by atoms with Gasteiger partial charge in [-0.25, -0.2) is 0 Å². The van der Waals surface area contributed by atoms with Crippen molar-refractivity contribution in [1.29, 1.82) is 0 Å². The van der Waals surface area contributed by atoms with Crippen molar-refractivity contribution in [3.05, 3.63) is 69.9 Å². The van der Waals surface area contributed by atoms with Crippen LogP contribution < -0.4 is 5.32 Å². The van der Waals surface area contributed by atoms with Gasteiger partial charge in [0.2, 0.25) is 0 Å². The molecule has 20 heavy (non-hydrogen) atoms. The fourth-order valence-electron chi connectivity index (χ4n) is 2.25. The first-order chi connectivity index (χ1) is 9.72. The second-order valence-corrected chi connectivity index (χ2v) is 6.07. The molecule has 1 heterocycles. The zero-order chi connectivity index (χ0) is 13.9. The molecule has 0 amide bonds. The summed E-state index contributed by atoms with van der Waals surface area (Å²) in [6, 6.07) is 19.2. The number of hydrogen-bond acceptors (Lipinski definition) is 2. The van der Waals surface area contributed by atoms with E-state index in [4.69, 9.17) is 0 Å². The lowest BCUT2D eigenvalue weighted by molar-refractivity contribution is 0.885. The fraction of sp³-hybridized carbons (Fsp3) is 0.118. The molecule has 0 aliphatic rings. The summed E-state index contributed by atoms with van der Waals surface area (Å²) in [6.07, 6.45) is 1.82. The zero-order valence-corrected chi connectivity index (χ0v) is 13.3. The summed E-state index contributed by atoms with van der Waals surface area (Å²) in [6.45, 7) is 2.18. The second kappa shape index (κ2) is 5.79. The molecule has 1 atom stereocenters. The van der Waals surface area contributed by atoms with E-state index in [9.17, 15) is 0 Å². The number of fused-ring (bicyclic) bond motifs is 1. The summed E-state index contributed by atoms with van der Waals surface area (Å²) < 4.78 is 1.26. The molecule has 0 bridgehead atoms. The number of aromatic nitrogens is 1. The van der Waals surface area contributed by atoms with Crippen molar-refractivity contribution >= 4 is 39.2 Å². The number of benzene rings is 2. The van der Waals surface area contributed by atoms with E-state index in [2.05, 4.69) is 88.3 Å². The molecule has 1 aromatic heterocycles. The van der Waals surface area contributed by atoms with Gasteiger partial charge >= 0.3 is 0 Å². The number of anilines is 1. The van der Waals surface area contributed by atoms with Crippen LogP contribution in [-0.2, 0) is 0 Å². The standard InChI is InChI=1S/C17H15IN2/c1-12(13-4-6-15(18)7-5-13)20-16-8-9-17-14(11-16)3-2-10-19-17/h2-12,20H,1H3. The molecule has 0 spiro atoms. The Hall–Kier alpha value is -1.62. The van der Waals surface area contributed by atoms with Crippen LogP contribution in [0.25, 0.3) is 10.9 Å². The molecule has 2 nitrogen and oxygen atoms in total. The molecular weight excluding hydrogens is 359 g/mol. The highest BCUT2D eigenvalue weighted by atomic mass is 127. The maximum Gasteiger partial charge on any atom is 0.0703 e. The number of rotatable bonds is 3. The van der Waals surface area contributed by atoms with Gasteiger partial charge in [0.15, 0.2) is 0 Å². The first kappa shape index (κ1) is 13.4. The monoisotopic (exact) mass is 374 g/mol. The highest BCUT2D eigenvalue weighted by Gasteiger charge is 2.05. The van der Waals surface area contributed by atoms with Gasteiger partial charge in [-0.2, -0.15) is 0 Å². The molecule has 0 fully saturated rings. The number of pyridine rings is 1. The van der Waals surface area contributed by atoms with Gasteiger partial charge in [-0.1, -0.05) is 18.2 Å². The van der Waals surface area contributed by atoms with E-state index in [-0.39, 0.29) is 6.04 Å². The summed E-state index contributed by atoms with van der Waals surface area (Å²) in [4.78, 5) is 4.34. The van der Waals surface area contributed by atoms with Gasteiger partial charge in [-0.3, -0.25) is 4.98 Å². The first-order valence-corrected chi connectivity index (χ1v) is 7.67. The summed E-state index contributed by atoms with van der Waals surface area (Å²) in [7, 11) is 0. The van der Waals surface area contributed by atoms with E-state index in [0.717, 1.165) is 16.6 Å². The summed E-state index contributed by atoms with van der Waals surface area (Å²) in [5.41, 5.74) is 3.44. The molecule has 3 rings (SSSR count). The predicted molar refractivity (Wildman–Crippen MR) is 92.9 cm³/mol. The van der Waals surface area contributed by atoms with Crippen LogP contribution in [0.3, 0.4) is 0 Å². The lowest BCUT2D eigenvalue weighted by atomic mass is 10.1. The van der Waals surface area contributed by atoms with Crippen LogP contribution in [0.5, 0.6) is 0 Å². The molecule has 3 heteroatoms. The Balaban J connectivity index is 1.83. The molecular formula is C17H15IN2. The van der Waals surface area contributed by atoms with Crippen molar-refractivity contribution in [2.75, 3.05) is 5.32 Å².